The molecule has 2 saturated heterocycles. The number of amides is 2. The van der Waals surface area contributed by atoms with E-state index in [0.717, 1.165) is 25.3 Å². The van der Waals surface area contributed by atoms with Gasteiger partial charge in [0.1, 0.15) is 0 Å². The average Bonchev–Trinajstić information content (AvgIpc) is 3.17. The molecule has 2 heterocycles. The number of likely N-dealkylation sites (tertiary alicyclic amines) is 1. The number of hydrogen-bond acceptors (Lipinski definition) is 5. The lowest BCUT2D eigenvalue weighted by atomic mass is 10.1. The average molecular weight is 422 g/mol. The highest BCUT2D eigenvalue weighted by Crippen LogP contribution is 2.27. The molecular weight excluding hydrogens is 394 g/mol. The number of nitrogens with zero attached hydrogens (tertiary/aromatic N) is 2. The Labute approximate surface area is 171 Å². The summed E-state index contributed by atoms with van der Waals surface area (Å²) in [6, 6.07) is 4.98. The van der Waals surface area contributed by atoms with Gasteiger partial charge in [-0.2, -0.15) is 4.31 Å². The van der Waals surface area contributed by atoms with E-state index in [1.54, 1.807) is 17.0 Å². The Bertz CT molecular complexity index is 880. The molecule has 0 saturated carbocycles. The van der Waals surface area contributed by atoms with Crippen molar-refractivity contribution in [2.24, 2.45) is 0 Å². The molecule has 2 amide bonds. The van der Waals surface area contributed by atoms with Crippen molar-refractivity contribution in [1.29, 1.82) is 0 Å². The minimum Gasteiger partial charge on any atom is -0.395 e. The second-order valence-corrected chi connectivity index (χ2v) is 9.33. The van der Waals surface area contributed by atoms with Gasteiger partial charge < -0.3 is 15.3 Å². The molecule has 3 rings (SSSR count). The molecule has 0 aliphatic carbocycles. The number of nitrogens with one attached hydrogen (secondary N) is 1. The van der Waals surface area contributed by atoms with Crippen molar-refractivity contribution < 1.29 is 23.1 Å². The highest BCUT2D eigenvalue weighted by Gasteiger charge is 2.40. The zero-order valence-electron chi connectivity index (χ0n) is 16.3. The van der Waals surface area contributed by atoms with E-state index in [2.05, 4.69) is 11.9 Å². The van der Waals surface area contributed by atoms with Crippen LogP contribution in [0.3, 0.4) is 0 Å². The van der Waals surface area contributed by atoms with E-state index in [9.17, 15) is 23.1 Å². The topological polar surface area (TPSA) is 107 Å². The molecule has 0 bridgehead atoms. The number of hydrogen-bond donors (Lipinski definition) is 2. The summed E-state index contributed by atoms with van der Waals surface area (Å²) < 4.78 is 27.6. The van der Waals surface area contributed by atoms with Gasteiger partial charge in [0, 0.05) is 31.2 Å². The zero-order valence-corrected chi connectivity index (χ0v) is 17.1. The van der Waals surface area contributed by atoms with Crippen molar-refractivity contribution in [2.45, 2.75) is 42.7 Å². The van der Waals surface area contributed by atoms with Gasteiger partial charge in [-0.05, 0) is 50.0 Å². The first-order chi connectivity index (χ1) is 13.9. The predicted octanol–water partition coefficient (Wildman–Crippen LogP) is 0.739. The summed E-state index contributed by atoms with van der Waals surface area (Å²) in [4.78, 5) is 26.1. The summed E-state index contributed by atoms with van der Waals surface area (Å²) in [5, 5.41) is 12.4. The number of carbonyl (C=O) groups is 2. The molecule has 2 unspecified atom stereocenters. The lowest BCUT2D eigenvalue weighted by Gasteiger charge is -2.27. The molecule has 0 radical (unpaired) electrons. The van der Waals surface area contributed by atoms with Gasteiger partial charge in [0.05, 0.1) is 17.5 Å². The quantitative estimate of drug-likeness (QED) is 0.659. The summed E-state index contributed by atoms with van der Waals surface area (Å²) in [5.74, 6) is -0.557. The third-order valence-corrected chi connectivity index (χ3v) is 7.35. The van der Waals surface area contributed by atoms with E-state index in [4.69, 9.17) is 0 Å². The van der Waals surface area contributed by atoms with Crippen molar-refractivity contribution in [2.75, 3.05) is 26.2 Å². The molecule has 2 N–H and O–H groups in total. The van der Waals surface area contributed by atoms with Crippen molar-refractivity contribution in [3.8, 4) is 0 Å². The number of aliphatic hydroxyl groups is 1. The van der Waals surface area contributed by atoms with Gasteiger partial charge in [0.15, 0.2) is 0 Å². The number of piperidine rings is 1. The first-order valence-corrected chi connectivity index (χ1v) is 11.3. The SMILES string of the molecule is C=CC(=O)NC1CC(CO)N(S(=O)(=O)c2cccc(C(=O)N3CCCCC3)c2)C1. The van der Waals surface area contributed by atoms with Crippen LogP contribution in [0.4, 0.5) is 0 Å². The molecule has 2 atom stereocenters. The van der Waals surface area contributed by atoms with Crippen LogP contribution in [0.15, 0.2) is 41.8 Å². The van der Waals surface area contributed by atoms with Gasteiger partial charge >= 0.3 is 0 Å². The number of rotatable bonds is 6. The minimum absolute atomic E-state index is 0.00880. The number of sulfonamides is 1. The molecule has 1 aromatic rings. The number of carbonyl (C=O) groups excluding carboxylic acids is 2. The Hall–Kier alpha value is -2.23. The first-order valence-electron chi connectivity index (χ1n) is 9.81. The van der Waals surface area contributed by atoms with Crippen molar-refractivity contribution in [3.05, 3.63) is 42.5 Å². The van der Waals surface area contributed by atoms with Crippen LogP contribution in [0.25, 0.3) is 0 Å². The molecule has 9 heteroatoms. The summed E-state index contributed by atoms with van der Waals surface area (Å²) >= 11 is 0. The summed E-state index contributed by atoms with van der Waals surface area (Å²) in [7, 11) is -3.94. The predicted molar refractivity (Wildman–Crippen MR) is 108 cm³/mol. The lowest BCUT2D eigenvalue weighted by Crippen LogP contribution is -2.40. The molecule has 1 aromatic carbocycles. The Morgan fingerprint density at radius 1 is 1.24 bits per heavy atom. The molecular formula is C20H27N3O5S. The zero-order chi connectivity index (χ0) is 21.0. The third-order valence-electron chi connectivity index (χ3n) is 5.44. The largest absolute Gasteiger partial charge is 0.395 e. The number of benzene rings is 1. The van der Waals surface area contributed by atoms with Crippen LogP contribution in [-0.2, 0) is 14.8 Å². The maximum Gasteiger partial charge on any atom is 0.253 e. The Morgan fingerprint density at radius 2 is 1.97 bits per heavy atom. The van der Waals surface area contributed by atoms with Gasteiger partial charge in [-0.1, -0.05) is 12.6 Å². The molecule has 158 valence electrons. The molecule has 2 aliphatic rings. The summed E-state index contributed by atoms with van der Waals surface area (Å²) in [6.45, 7) is 4.45. The highest BCUT2D eigenvalue weighted by molar-refractivity contribution is 7.89. The normalized spacial score (nSPS) is 23.0. The van der Waals surface area contributed by atoms with Gasteiger partial charge in [-0.25, -0.2) is 8.42 Å². The van der Waals surface area contributed by atoms with Crippen molar-refractivity contribution in [1.82, 2.24) is 14.5 Å². The number of aliphatic hydroxyl groups excluding tert-OH is 1. The molecule has 8 nitrogen and oxygen atoms in total. The Kier molecular flexibility index (Phi) is 6.71. The molecule has 2 aliphatic heterocycles. The first kappa shape index (κ1) is 21.5. The fourth-order valence-corrected chi connectivity index (χ4v) is 5.63. The fourth-order valence-electron chi connectivity index (χ4n) is 3.92. The molecule has 0 aromatic heterocycles. The summed E-state index contributed by atoms with van der Waals surface area (Å²) in [6.07, 6.45) is 4.43. The van der Waals surface area contributed by atoms with E-state index in [0.29, 0.717) is 25.1 Å². The minimum atomic E-state index is -3.94. The van der Waals surface area contributed by atoms with Crippen molar-refractivity contribution in [3.63, 3.8) is 0 Å². The van der Waals surface area contributed by atoms with Crippen LogP contribution in [0.2, 0.25) is 0 Å². The smallest absolute Gasteiger partial charge is 0.253 e. The van der Waals surface area contributed by atoms with E-state index in [1.165, 1.54) is 16.4 Å². The van der Waals surface area contributed by atoms with Crippen LogP contribution in [0, 0.1) is 0 Å². The molecule has 0 spiro atoms. The maximum absolute atomic E-state index is 13.2. The lowest BCUT2D eigenvalue weighted by molar-refractivity contribution is -0.117. The van der Waals surface area contributed by atoms with Crippen LogP contribution < -0.4 is 5.32 Å². The van der Waals surface area contributed by atoms with Crippen LogP contribution in [0.5, 0.6) is 0 Å². The third kappa shape index (κ3) is 4.68. The van der Waals surface area contributed by atoms with Crippen molar-refractivity contribution >= 4 is 21.8 Å². The fraction of sp³-hybridized carbons (Fsp3) is 0.500. The second-order valence-electron chi connectivity index (χ2n) is 7.44. The van der Waals surface area contributed by atoms with E-state index >= 15 is 0 Å². The Balaban J connectivity index is 1.82. The Morgan fingerprint density at radius 3 is 2.62 bits per heavy atom. The van der Waals surface area contributed by atoms with Gasteiger partial charge in [0.2, 0.25) is 15.9 Å². The van der Waals surface area contributed by atoms with Crippen LogP contribution >= 0.6 is 0 Å². The van der Waals surface area contributed by atoms with E-state index in [-0.39, 0.29) is 29.9 Å². The van der Waals surface area contributed by atoms with Gasteiger partial charge in [0.25, 0.3) is 5.91 Å². The van der Waals surface area contributed by atoms with Gasteiger partial charge in [-0.3, -0.25) is 9.59 Å². The maximum atomic E-state index is 13.2. The highest BCUT2D eigenvalue weighted by atomic mass is 32.2. The summed E-state index contributed by atoms with van der Waals surface area (Å²) in [5.41, 5.74) is 0.337. The van der Waals surface area contributed by atoms with E-state index < -0.39 is 22.1 Å². The van der Waals surface area contributed by atoms with E-state index in [1.807, 2.05) is 0 Å². The standard InChI is InChI=1S/C20H27N3O5S/c1-2-19(25)21-16-12-17(14-24)23(13-16)29(27,28)18-8-6-7-15(11-18)20(26)22-9-4-3-5-10-22/h2,6-8,11,16-17,24H,1,3-5,9-10,12-14H2,(H,21,25). The molecule has 2 fully saturated rings. The molecule has 29 heavy (non-hydrogen) atoms. The van der Waals surface area contributed by atoms with Crippen LogP contribution in [0.1, 0.15) is 36.0 Å². The van der Waals surface area contributed by atoms with Gasteiger partial charge in [-0.15, -0.1) is 0 Å². The van der Waals surface area contributed by atoms with Crippen LogP contribution in [-0.4, -0.2) is 72.9 Å². The second kappa shape index (κ2) is 9.06. The monoisotopic (exact) mass is 421 g/mol.